The van der Waals surface area contributed by atoms with Crippen molar-refractivity contribution in [3.8, 4) is 0 Å². The van der Waals surface area contributed by atoms with Gasteiger partial charge in [0.2, 0.25) is 0 Å². The van der Waals surface area contributed by atoms with Crippen molar-refractivity contribution in [1.82, 2.24) is 5.32 Å². The van der Waals surface area contributed by atoms with Gasteiger partial charge < -0.3 is 14.8 Å². The van der Waals surface area contributed by atoms with Crippen LogP contribution in [0.25, 0.3) is 0 Å². The molecule has 1 N–H and O–H groups in total. The van der Waals surface area contributed by atoms with Crippen LogP contribution in [0.15, 0.2) is 30.3 Å². The van der Waals surface area contributed by atoms with Gasteiger partial charge in [-0.15, -0.1) is 0 Å². The molecule has 1 heterocycles. The number of rotatable bonds is 5. The Labute approximate surface area is 101 Å². The van der Waals surface area contributed by atoms with Crippen molar-refractivity contribution in [2.75, 3.05) is 6.61 Å². The predicted octanol–water partition coefficient (Wildman–Crippen LogP) is 1.63. The van der Waals surface area contributed by atoms with Crippen molar-refractivity contribution in [3.63, 3.8) is 0 Å². The summed E-state index contributed by atoms with van der Waals surface area (Å²) < 4.78 is 10.9. The van der Waals surface area contributed by atoms with Crippen LogP contribution in [0, 0.1) is 0 Å². The molecule has 0 spiro atoms. The number of carbonyl (C=O) groups excluding carboxylic acids is 1. The van der Waals surface area contributed by atoms with E-state index in [1.54, 1.807) is 6.92 Å². The number of hydrogen-bond acceptors (Lipinski definition) is 3. The molecule has 4 nitrogen and oxygen atoms in total. The molecule has 3 atom stereocenters. The molecule has 0 bridgehead atoms. The van der Waals surface area contributed by atoms with Gasteiger partial charge in [-0.3, -0.25) is 4.79 Å². The highest BCUT2D eigenvalue weighted by Gasteiger charge is 2.42. The third-order valence-corrected chi connectivity index (χ3v) is 2.76. The summed E-state index contributed by atoms with van der Waals surface area (Å²) in [5, 5.41) is 2.84. The number of benzene rings is 1. The van der Waals surface area contributed by atoms with Crippen LogP contribution in [-0.2, 0) is 14.3 Å². The van der Waals surface area contributed by atoms with Gasteiger partial charge in [0, 0.05) is 6.61 Å². The Balaban J connectivity index is 1.99. The molecule has 4 heteroatoms. The minimum absolute atomic E-state index is 0.0633. The van der Waals surface area contributed by atoms with Crippen LogP contribution in [0.4, 0.5) is 0 Å². The highest BCUT2D eigenvalue weighted by atomic mass is 16.7. The van der Waals surface area contributed by atoms with E-state index in [9.17, 15) is 4.79 Å². The molecule has 1 aromatic rings. The van der Waals surface area contributed by atoms with E-state index in [-0.39, 0.29) is 18.2 Å². The first kappa shape index (κ1) is 12.1. The van der Waals surface area contributed by atoms with E-state index in [1.807, 2.05) is 37.3 Å². The second-order valence-electron chi connectivity index (χ2n) is 3.98. The van der Waals surface area contributed by atoms with E-state index >= 15 is 0 Å². The monoisotopic (exact) mass is 235 g/mol. The average Bonchev–Trinajstić information content (AvgIpc) is 2.34. The van der Waals surface area contributed by atoms with Gasteiger partial charge >= 0.3 is 0 Å². The zero-order valence-corrected chi connectivity index (χ0v) is 10.1. The van der Waals surface area contributed by atoms with Gasteiger partial charge in [0.05, 0.1) is 6.04 Å². The van der Waals surface area contributed by atoms with Gasteiger partial charge in [-0.25, -0.2) is 0 Å². The molecule has 0 aromatic heterocycles. The highest BCUT2D eigenvalue weighted by molar-refractivity contribution is 5.88. The first-order valence-electron chi connectivity index (χ1n) is 5.84. The zero-order chi connectivity index (χ0) is 12.3. The van der Waals surface area contributed by atoms with Crippen molar-refractivity contribution in [1.29, 1.82) is 0 Å². The van der Waals surface area contributed by atoms with Crippen molar-refractivity contribution in [3.05, 3.63) is 35.9 Å². The Hall–Kier alpha value is -1.39. The fourth-order valence-corrected chi connectivity index (χ4v) is 1.91. The number of ether oxygens (including phenoxy) is 2. The lowest BCUT2D eigenvalue weighted by Crippen LogP contribution is -2.58. The Morgan fingerprint density at radius 3 is 2.65 bits per heavy atom. The Morgan fingerprint density at radius 2 is 2.06 bits per heavy atom. The summed E-state index contributed by atoms with van der Waals surface area (Å²) in [6.07, 6.45) is -0.804. The second-order valence-corrected chi connectivity index (χ2v) is 3.98. The first-order chi connectivity index (χ1) is 8.22. The minimum Gasteiger partial charge on any atom is -0.353 e. The topological polar surface area (TPSA) is 47.6 Å². The summed E-state index contributed by atoms with van der Waals surface area (Å²) in [6, 6.07) is 9.73. The van der Waals surface area contributed by atoms with Gasteiger partial charge in [0.1, 0.15) is 0 Å². The molecule has 1 saturated heterocycles. The van der Waals surface area contributed by atoms with E-state index < -0.39 is 6.10 Å². The van der Waals surface area contributed by atoms with E-state index in [0.29, 0.717) is 6.61 Å². The van der Waals surface area contributed by atoms with Gasteiger partial charge in [0.25, 0.3) is 5.91 Å². The number of nitrogens with one attached hydrogen (secondary N) is 1. The van der Waals surface area contributed by atoms with Crippen LogP contribution in [0.3, 0.4) is 0 Å². The molecule has 1 aliphatic rings. The molecule has 0 saturated carbocycles. The molecule has 1 aliphatic heterocycles. The number of carbonyl (C=O) groups is 1. The minimum atomic E-state index is -0.445. The van der Waals surface area contributed by atoms with Gasteiger partial charge in [0.15, 0.2) is 12.4 Å². The molecule has 1 aromatic carbocycles. The fourth-order valence-electron chi connectivity index (χ4n) is 1.91. The summed E-state index contributed by atoms with van der Waals surface area (Å²) in [5.74, 6) is -0.0783. The summed E-state index contributed by atoms with van der Waals surface area (Å²) in [5.41, 5.74) is 1.06. The third kappa shape index (κ3) is 2.65. The van der Waals surface area contributed by atoms with Crippen LogP contribution in [0.5, 0.6) is 0 Å². The first-order valence-corrected chi connectivity index (χ1v) is 5.84. The van der Waals surface area contributed by atoms with Crippen molar-refractivity contribution < 1.29 is 14.3 Å². The molecule has 17 heavy (non-hydrogen) atoms. The Morgan fingerprint density at radius 1 is 1.35 bits per heavy atom. The third-order valence-electron chi connectivity index (χ3n) is 2.76. The SMILES string of the molecule is CCOC(C)O[C@@H]1C(=O)N[C@@H]1c1ccccc1. The Kier molecular flexibility index (Phi) is 3.76. The maximum Gasteiger partial charge on any atom is 0.252 e. The predicted molar refractivity (Wildman–Crippen MR) is 63.3 cm³/mol. The molecule has 92 valence electrons. The number of amides is 1. The molecule has 1 amide bonds. The molecule has 2 rings (SSSR count). The lowest BCUT2D eigenvalue weighted by molar-refractivity contribution is -0.191. The lowest BCUT2D eigenvalue weighted by Gasteiger charge is -2.38. The average molecular weight is 235 g/mol. The zero-order valence-electron chi connectivity index (χ0n) is 10.1. The van der Waals surface area contributed by atoms with Gasteiger partial charge in [-0.05, 0) is 19.4 Å². The van der Waals surface area contributed by atoms with Crippen LogP contribution in [0.1, 0.15) is 25.5 Å². The quantitative estimate of drug-likeness (QED) is 0.623. The van der Waals surface area contributed by atoms with Crippen LogP contribution >= 0.6 is 0 Å². The standard InChI is InChI=1S/C13H17NO3/c1-3-16-9(2)17-12-11(14-13(12)15)10-7-5-4-6-8-10/h4-9,11-12H,3H2,1-2H3,(H,14,15)/t9?,11-,12+/m1/s1. The molecular weight excluding hydrogens is 218 g/mol. The van der Waals surface area contributed by atoms with Crippen molar-refractivity contribution >= 4 is 5.91 Å². The highest BCUT2D eigenvalue weighted by Crippen LogP contribution is 2.27. The van der Waals surface area contributed by atoms with E-state index in [0.717, 1.165) is 5.56 Å². The van der Waals surface area contributed by atoms with Crippen molar-refractivity contribution in [2.45, 2.75) is 32.3 Å². The fraction of sp³-hybridized carbons (Fsp3) is 0.462. The van der Waals surface area contributed by atoms with Crippen LogP contribution in [0.2, 0.25) is 0 Å². The van der Waals surface area contributed by atoms with Gasteiger partial charge in [-0.1, -0.05) is 30.3 Å². The lowest BCUT2D eigenvalue weighted by atomic mass is 9.94. The number of hydrogen-bond donors (Lipinski definition) is 1. The largest absolute Gasteiger partial charge is 0.353 e. The smallest absolute Gasteiger partial charge is 0.252 e. The Bertz CT molecular complexity index is 380. The number of β-lactam (4-membered cyclic amide) rings is 1. The summed E-state index contributed by atoms with van der Waals surface area (Å²) in [4.78, 5) is 11.5. The summed E-state index contributed by atoms with van der Waals surface area (Å²) in [6.45, 7) is 4.28. The molecule has 1 unspecified atom stereocenters. The molecule has 0 aliphatic carbocycles. The second kappa shape index (κ2) is 5.29. The van der Waals surface area contributed by atoms with Crippen LogP contribution in [-0.4, -0.2) is 24.9 Å². The van der Waals surface area contributed by atoms with E-state index in [2.05, 4.69) is 5.32 Å². The van der Waals surface area contributed by atoms with Gasteiger partial charge in [-0.2, -0.15) is 0 Å². The molecular formula is C13H17NO3. The van der Waals surface area contributed by atoms with Crippen LogP contribution < -0.4 is 5.32 Å². The van der Waals surface area contributed by atoms with E-state index in [4.69, 9.17) is 9.47 Å². The maximum absolute atomic E-state index is 11.5. The summed E-state index contributed by atoms with van der Waals surface area (Å²) >= 11 is 0. The maximum atomic E-state index is 11.5. The normalized spacial score (nSPS) is 24.9. The molecule has 1 fully saturated rings. The van der Waals surface area contributed by atoms with Crippen molar-refractivity contribution in [2.24, 2.45) is 0 Å². The summed E-state index contributed by atoms with van der Waals surface area (Å²) in [7, 11) is 0. The van der Waals surface area contributed by atoms with E-state index in [1.165, 1.54) is 0 Å². The molecule has 0 radical (unpaired) electrons.